The van der Waals surface area contributed by atoms with Crippen LogP contribution in [0.15, 0.2) is 24.3 Å². The molecule has 4 nitrogen and oxygen atoms in total. The predicted molar refractivity (Wildman–Crippen MR) is 109 cm³/mol. The van der Waals surface area contributed by atoms with Gasteiger partial charge in [-0.05, 0) is 62.7 Å². The van der Waals surface area contributed by atoms with Gasteiger partial charge in [0.1, 0.15) is 0 Å². The number of aliphatic hydroxyl groups is 2. The molecular formula is C22H35ClO4. The van der Waals surface area contributed by atoms with Crippen molar-refractivity contribution in [1.29, 1.82) is 0 Å². The van der Waals surface area contributed by atoms with Crippen molar-refractivity contribution in [2.75, 3.05) is 0 Å². The molecule has 3 N–H and O–H groups in total. The summed E-state index contributed by atoms with van der Waals surface area (Å²) in [5.74, 6) is -0.570. The lowest BCUT2D eigenvalue weighted by molar-refractivity contribution is -0.137. The average molecular weight is 399 g/mol. The van der Waals surface area contributed by atoms with Gasteiger partial charge in [0, 0.05) is 17.7 Å². The Hall–Kier alpha value is -0.840. The zero-order valence-electron chi connectivity index (χ0n) is 16.4. The molecule has 0 aromatic rings. The van der Waals surface area contributed by atoms with Crippen LogP contribution in [0.1, 0.15) is 71.1 Å². The highest BCUT2D eigenvalue weighted by Gasteiger charge is 2.42. The van der Waals surface area contributed by atoms with E-state index in [9.17, 15) is 15.0 Å². The molecule has 2 aliphatic rings. The Kier molecular flexibility index (Phi) is 8.84. The van der Waals surface area contributed by atoms with Crippen molar-refractivity contribution in [3.8, 4) is 0 Å². The second kappa shape index (κ2) is 10.6. The standard InChI is InChI=1S/C22H35ClO4/c1-2-22(13-8-14-22)20(25)11-7-10-17-16(18(23)15-19(17)24)9-5-3-4-6-12-21(26)27/h3,5,7,10,16-20,24-25H,2,4,6,8-9,11-15H2,1H3,(H,26,27)/t16-,17-,18-,19?,20?/m1/s1. The molecule has 0 aliphatic heterocycles. The van der Waals surface area contributed by atoms with Gasteiger partial charge in [-0.15, -0.1) is 11.6 Å². The van der Waals surface area contributed by atoms with Gasteiger partial charge in [0.15, 0.2) is 0 Å². The number of halogens is 1. The van der Waals surface area contributed by atoms with Gasteiger partial charge in [-0.25, -0.2) is 0 Å². The van der Waals surface area contributed by atoms with Crippen LogP contribution in [0.5, 0.6) is 0 Å². The van der Waals surface area contributed by atoms with E-state index in [1.165, 1.54) is 6.42 Å². The van der Waals surface area contributed by atoms with Gasteiger partial charge in [0.2, 0.25) is 0 Å². The van der Waals surface area contributed by atoms with Crippen molar-refractivity contribution >= 4 is 17.6 Å². The molecular weight excluding hydrogens is 364 g/mol. The lowest BCUT2D eigenvalue weighted by Gasteiger charge is -2.45. The summed E-state index contributed by atoms with van der Waals surface area (Å²) in [6, 6.07) is 0. The second-order valence-electron chi connectivity index (χ2n) is 8.30. The summed E-state index contributed by atoms with van der Waals surface area (Å²) in [7, 11) is 0. The molecule has 0 amide bonds. The molecule has 2 fully saturated rings. The number of allylic oxidation sites excluding steroid dienone is 2. The van der Waals surface area contributed by atoms with Gasteiger partial charge in [-0.3, -0.25) is 4.79 Å². The molecule has 2 rings (SSSR count). The van der Waals surface area contributed by atoms with Crippen molar-refractivity contribution in [2.45, 2.75) is 88.7 Å². The lowest BCUT2D eigenvalue weighted by Crippen LogP contribution is -2.40. The monoisotopic (exact) mass is 398 g/mol. The molecule has 2 saturated carbocycles. The molecule has 0 heterocycles. The molecule has 5 atom stereocenters. The first-order chi connectivity index (χ1) is 12.9. The topological polar surface area (TPSA) is 77.8 Å². The molecule has 27 heavy (non-hydrogen) atoms. The first kappa shape index (κ1) is 22.4. The predicted octanol–water partition coefficient (Wildman–Crippen LogP) is 4.68. The fraction of sp³-hybridized carbons (Fsp3) is 0.773. The van der Waals surface area contributed by atoms with E-state index >= 15 is 0 Å². The van der Waals surface area contributed by atoms with Crippen LogP contribution in [0.25, 0.3) is 0 Å². The summed E-state index contributed by atoms with van der Waals surface area (Å²) < 4.78 is 0. The third-order valence-electron chi connectivity index (χ3n) is 6.68. The zero-order chi connectivity index (χ0) is 19.9. The second-order valence-corrected chi connectivity index (χ2v) is 8.86. The van der Waals surface area contributed by atoms with E-state index in [0.717, 1.165) is 32.1 Å². The van der Waals surface area contributed by atoms with E-state index in [0.29, 0.717) is 19.3 Å². The molecule has 0 radical (unpaired) electrons. The number of rotatable bonds is 11. The molecule has 0 aromatic heterocycles. The molecule has 0 saturated heterocycles. The Morgan fingerprint density at radius 1 is 1.30 bits per heavy atom. The summed E-state index contributed by atoms with van der Waals surface area (Å²) in [5.41, 5.74) is 0.103. The minimum absolute atomic E-state index is 0.0161. The Morgan fingerprint density at radius 2 is 2.04 bits per heavy atom. The van der Waals surface area contributed by atoms with Crippen LogP contribution in [-0.2, 0) is 4.79 Å². The first-order valence-electron chi connectivity index (χ1n) is 10.4. The van der Waals surface area contributed by atoms with Crippen molar-refractivity contribution < 1.29 is 20.1 Å². The molecule has 0 bridgehead atoms. The fourth-order valence-electron chi connectivity index (χ4n) is 4.58. The highest BCUT2D eigenvalue weighted by molar-refractivity contribution is 6.21. The minimum Gasteiger partial charge on any atom is -0.481 e. The van der Waals surface area contributed by atoms with E-state index in [1.54, 1.807) is 0 Å². The molecule has 2 aliphatic carbocycles. The SMILES string of the molecule is CCC1(C(O)CC=C[C@H]2C(O)C[C@@H](Cl)[C@@H]2CC=CCCCC(=O)O)CCC1. The number of hydrogen-bond donors (Lipinski definition) is 3. The van der Waals surface area contributed by atoms with Crippen LogP contribution in [0, 0.1) is 17.3 Å². The van der Waals surface area contributed by atoms with Crippen molar-refractivity contribution in [2.24, 2.45) is 17.3 Å². The maximum Gasteiger partial charge on any atom is 0.303 e. The summed E-state index contributed by atoms with van der Waals surface area (Å²) >= 11 is 6.46. The number of carboxylic acids is 1. The fourth-order valence-corrected chi connectivity index (χ4v) is 5.03. The third kappa shape index (κ3) is 6.07. The third-order valence-corrected chi connectivity index (χ3v) is 7.19. The number of carbonyl (C=O) groups is 1. The van der Waals surface area contributed by atoms with E-state index in [-0.39, 0.29) is 35.2 Å². The molecule has 5 heteroatoms. The number of unbranched alkanes of at least 4 members (excludes halogenated alkanes) is 1. The van der Waals surface area contributed by atoms with Gasteiger partial charge >= 0.3 is 5.97 Å². The Bertz CT molecular complexity index is 521. The van der Waals surface area contributed by atoms with Crippen LogP contribution in [0.3, 0.4) is 0 Å². The summed E-state index contributed by atoms with van der Waals surface area (Å²) in [5, 5.41) is 29.5. The first-order valence-corrected chi connectivity index (χ1v) is 10.9. The largest absolute Gasteiger partial charge is 0.481 e. The molecule has 0 aromatic carbocycles. The number of hydrogen-bond acceptors (Lipinski definition) is 3. The van der Waals surface area contributed by atoms with Crippen LogP contribution < -0.4 is 0 Å². The number of alkyl halides is 1. The van der Waals surface area contributed by atoms with Crippen LogP contribution in [0.2, 0.25) is 0 Å². The smallest absolute Gasteiger partial charge is 0.303 e. The van der Waals surface area contributed by atoms with Crippen molar-refractivity contribution in [3.63, 3.8) is 0 Å². The van der Waals surface area contributed by atoms with Gasteiger partial charge in [0.05, 0.1) is 12.2 Å². The van der Waals surface area contributed by atoms with E-state index < -0.39 is 12.1 Å². The van der Waals surface area contributed by atoms with E-state index in [2.05, 4.69) is 19.1 Å². The maximum absolute atomic E-state index is 10.5. The summed E-state index contributed by atoms with van der Waals surface area (Å²) in [6.07, 6.45) is 15.5. The average Bonchev–Trinajstić information content (AvgIpc) is 2.84. The van der Waals surface area contributed by atoms with E-state index in [1.807, 2.05) is 12.2 Å². The molecule has 0 spiro atoms. The van der Waals surface area contributed by atoms with Crippen molar-refractivity contribution in [3.05, 3.63) is 24.3 Å². The normalized spacial score (nSPS) is 31.4. The number of aliphatic carboxylic acids is 1. The number of aliphatic hydroxyl groups excluding tert-OH is 2. The summed E-state index contributed by atoms with van der Waals surface area (Å²) in [4.78, 5) is 10.5. The van der Waals surface area contributed by atoms with Gasteiger partial charge in [-0.2, -0.15) is 0 Å². The Labute approximate surface area is 168 Å². The summed E-state index contributed by atoms with van der Waals surface area (Å²) in [6.45, 7) is 2.16. The molecule has 2 unspecified atom stereocenters. The van der Waals surface area contributed by atoms with E-state index in [4.69, 9.17) is 16.7 Å². The van der Waals surface area contributed by atoms with Gasteiger partial charge in [0.25, 0.3) is 0 Å². The minimum atomic E-state index is -0.762. The van der Waals surface area contributed by atoms with Crippen LogP contribution in [0.4, 0.5) is 0 Å². The van der Waals surface area contributed by atoms with Crippen LogP contribution in [-0.4, -0.2) is 38.9 Å². The highest BCUT2D eigenvalue weighted by Crippen LogP contribution is 2.47. The zero-order valence-corrected chi connectivity index (χ0v) is 17.2. The van der Waals surface area contributed by atoms with Crippen LogP contribution >= 0.6 is 11.6 Å². The van der Waals surface area contributed by atoms with Gasteiger partial charge < -0.3 is 15.3 Å². The Balaban J connectivity index is 1.83. The highest BCUT2D eigenvalue weighted by atomic mass is 35.5. The Morgan fingerprint density at radius 3 is 2.63 bits per heavy atom. The van der Waals surface area contributed by atoms with Gasteiger partial charge in [-0.1, -0.05) is 37.6 Å². The number of carboxylic acid groups (broad SMARTS) is 1. The lowest BCUT2D eigenvalue weighted by atomic mass is 9.63. The van der Waals surface area contributed by atoms with Crippen molar-refractivity contribution in [1.82, 2.24) is 0 Å². The molecule has 154 valence electrons. The maximum atomic E-state index is 10.5. The quantitative estimate of drug-likeness (QED) is 0.268.